The van der Waals surface area contributed by atoms with E-state index in [4.69, 9.17) is 14.5 Å². The third-order valence-corrected chi connectivity index (χ3v) is 6.59. The molecule has 37 heavy (non-hydrogen) atoms. The van der Waals surface area contributed by atoms with E-state index in [1.165, 1.54) is 0 Å². The minimum absolute atomic E-state index is 0.0770. The van der Waals surface area contributed by atoms with Gasteiger partial charge in [0.25, 0.3) is 5.92 Å². The number of rotatable bonds is 9. The fourth-order valence-electron chi connectivity index (χ4n) is 4.67. The number of hydrogen-bond acceptors (Lipinski definition) is 7. The van der Waals surface area contributed by atoms with Gasteiger partial charge in [-0.05, 0) is 24.6 Å². The van der Waals surface area contributed by atoms with E-state index in [1.54, 1.807) is 31.3 Å². The maximum Gasteiger partial charge on any atom is 0.261 e. The zero-order valence-electron chi connectivity index (χ0n) is 21.2. The van der Waals surface area contributed by atoms with Crippen LogP contribution in [-0.4, -0.2) is 71.0 Å². The molecule has 2 aromatic heterocycles. The lowest BCUT2D eigenvalue weighted by Crippen LogP contribution is -2.29. The second-order valence-corrected chi connectivity index (χ2v) is 9.29. The number of hydrogen-bond donors (Lipinski definition) is 0. The number of methoxy groups -OCH3 is 2. The monoisotopic (exact) mass is 508 g/mol. The van der Waals surface area contributed by atoms with Crippen molar-refractivity contribution in [2.75, 3.05) is 45.3 Å². The normalized spacial score (nSPS) is 15.3. The molecule has 1 fully saturated rings. The Morgan fingerprint density at radius 2 is 1.78 bits per heavy atom. The molecule has 10 heteroatoms. The average Bonchev–Trinajstić information content (AvgIpc) is 3.49. The molecule has 0 unspecified atom stereocenters. The Bertz CT molecular complexity index is 1370. The van der Waals surface area contributed by atoms with Gasteiger partial charge in [-0.15, -0.1) is 0 Å². The van der Waals surface area contributed by atoms with Gasteiger partial charge >= 0.3 is 0 Å². The molecule has 2 aromatic carbocycles. The smallest absolute Gasteiger partial charge is 0.261 e. The molecule has 194 valence electrons. The summed E-state index contributed by atoms with van der Waals surface area (Å²) in [4.78, 5) is 13.4. The zero-order chi connectivity index (χ0) is 26.0. The Labute approximate surface area is 214 Å². The number of fused-ring (bicyclic) bond motifs is 1. The lowest BCUT2D eigenvalue weighted by molar-refractivity contribution is 0.0122. The highest BCUT2D eigenvalue weighted by Crippen LogP contribution is 2.34. The van der Waals surface area contributed by atoms with Gasteiger partial charge in [0.1, 0.15) is 11.5 Å². The molecule has 0 spiro atoms. The topological polar surface area (TPSA) is 68.5 Å². The highest BCUT2D eigenvalue weighted by molar-refractivity contribution is 5.82. The van der Waals surface area contributed by atoms with E-state index in [1.807, 2.05) is 54.5 Å². The van der Waals surface area contributed by atoms with Crippen molar-refractivity contribution in [1.82, 2.24) is 24.6 Å². The summed E-state index contributed by atoms with van der Waals surface area (Å²) in [6.07, 6.45) is 6.03. The molecule has 1 aliphatic heterocycles. The van der Waals surface area contributed by atoms with Crippen molar-refractivity contribution < 1.29 is 18.3 Å². The summed E-state index contributed by atoms with van der Waals surface area (Å²) >= 11 is 0. The fraction of sp³-hybridized carbons (Fsp3) is 0.370. The largest absolute Gasteiger partial charge is 0.497 e. The van der Waals surface area contributed by atoms with Crippen molar-refractivity contribution in [2.24, 2.45) is 7.05 Å². The van der Waals surface area contributed by atoms with E-state index >= 15 is 0 Å². The van der Waals surface area contributed by atoms with E-state index in [-0.39, 0.29) is 13.0 Å². The third kappa shape index (κ3) is 5.64. The average molecular weight is 509 g/mol. The number of halogens is 2. The first-order chi connectivity index (χ1) is 17.8. The van der Waals surface area contributed by atoms with Crippen LogP contribution in [0, 0.1) is 0 Å². The van der Waals surface area contributed by atoms with Gasteiger partial charge in [-0.1, -0.05) is 0 Å². The van der Waals surface area contributed by atoms with Crippen LogP contribution in [0.4, 0.5) is 20.2 Å². The first kappa shape index (κ1) is 24.9. The molecular weight excluding hydrogens is 478 g/mol. The number of likely N-dealkylation sites (tertiary alicyclic amines) is 1. The number of benzene rings is 2. The van der Waals surface area contributed by atoms with Crippen LogP contribution in [0.25, 0.3) is 22.3 Å². The second-order valence-electron chi connectivity index (χ2n) is 9.29. The van der Waals surface area contributed by atoms with E-state index in [2.05, 4.69) is 15.0 Å². The second kappa shape index (κ2) is 10.3. The molecule has 0 N–H and O–H groups in total. The van der Waals surface area contributed by atoms with Gasteiger partial charge in [0.2, 0.25) is 0 Å². The molecule has 4 aromatic rings. The van der Waals surface area contributed by atoms with Crippen molar-refractivity contribution in [3.63, 3.8) is 0 Å². The molecule has 1 aliphatic rings. The van der Waals surface area contributed by atoms with Crippen LogP contribution >= 0.6 is 0 Å². The first-order valence-electron chi connectivity index (χ1n) is 12.2. The predicted molar refractivity (Wildman–Crippen MR) is 139 cm³/mol. The molecule has 0 radical (unpaired) electrons. The van der Waals surface area contributed by atoms with Crippen LogP contribution in [-0.2, 0) is 7.05 Å². The van der Waals surface area contributed by atoms with Crippen LogP contribution in [0.15, 0.2) is 55.0 Å². The summed E-state index contributed by atoms with van der Waals surface area (Å²) in [6.45, 7) is 1.44. The minimum atomic E-state index is -2.59. The molecule has 5 rings (SSSR count). The van der Waals surface area contributed by atoms with Gasteiger partial charge in [-0.2, -0.15) is 5.10 Å². The van der Waals surface area contributed by atoms with Crippen molar-refractivity contribution >= 4 is 22.4 Å². The molecule has 1 saturated heterocycles. The Morgan fingerprint density at radius 3 is 2.43 bits per heavy atom. The number of ether oxygens (including phenoxy) is 2. The summed E-state index contributed by atoms with van der Waals surface area (Å²) in [5, 5.41) is 4.23. The molecular formula is C27H30F2N6O2. The summed E-state index contributed by atoms with van der Waals surface area (Å²) in [5.41, 5.74) is 4.93. The maximum atomic E-state index is 13.7. The number of anilines is 2. The molecule has 0 saturated carbocycles. The third-order valence-electron chi connectivity index (χ3n) is 6.59. The van der Waals surface area contributed by atoms with Crippen LogP contribution in [0.2, 0.25) is 0 Å². The fourth-order valence-corrected chi connectivity index (χ4v) is 4.67. The first-order valence-corrected chi connectivity index (χ1v) is 12.2. The quantitative estimate of drug-likeness (QED) is 0.318. The highest BCUT2D eigenvalue weighted by atomic mass is 19.3. The van der Waals surface area contributed by atoms with Gasteiger partial charge in [-0.25, -0.2) is 13.8 Å². The van der Waals surface area contributed by atoms with E-state index < -0.39 is 5.92 Å². The van der Waals surface area contributed by atoms with E-state index in [0.29, 0.717) is 37.6 Å². The Kier molecular flexibility index (Phi) is 6.92. The summed E-state index contributed by atoms with van der Waals surface area (Å²) in [6, 6.07) is 11.6. The SMILES string of the molecule is COc1cc(OC)cc(N(CCCN2CCC(F)(F)C2)c2ccc3ncc(-c4cnn(C)c4)nc3c2)c1. The maximum absolute atomic E-state index is 13.7. The molecule has 3 heterocycles. The van der Waals surface area contributed by atoms with Crippen molar-refractivity contribution in [2.45, 2.75) is 18.8 Å². The summed E-state index contributed by atoms with van der Waals surface area (Å²) in [5.74, 6) is -1.26. The van der Waals surface area contributed by atoms with E-state index in [0.717, 1.165) is 33.7 Å². The van der Waals surface area contributed by atoms with Crippen LogP contribution in [0.5, 0.6) is 11.5 Å². The number of alkyl halides is 2. The molecule has 0 aliphatic carbocycles. The molecule has 0 amide bonds. The lowest BCUT2D eigenvalue weighted by Gasteiger charge is -2.27. The van der Waals surface area contributed by atoms with Gasteiger partial charge in [0.05, 0.1) is 49.9 Å². The van der Waals surface area contributed by atoms with Crippen molar-refractivity contribution in [3.05, 3.63) is 55.0 Å². The van der Waals surface area contributed by atoms with Crippen molar-refractivity contribution in [1.29, 1.82) is 0 Å². The van der Waals surface area contributed by atoms with Crippen LogP contribution in [0.3, 0.4) is 0 Å². The van der Waals surface area contributed by atoms with Crippen molar-refractivity contribution in [3.8, 4) is 22.8 Å². The molecule has 8 nitrogen and oxygen atoms in total. The highest BCUT2D eigenvalue weighted by Gasteiger charge is 2.37. The zero-order valence-corrected chi connectivity index (χ0v) is 21.2. The molecule has 0 atom stereocenters. The Balaban J connectivity index is 1.47. The van der Waals surface area contributed by atoms with Gasteiger partial charge < -0.3 is 14.4 Å². The number of aryl methyl sites for hydroxylation is 1. The van der Waals surface area contributed by atoms with Gasteiger partial charge in [0, 0.05) is 74.4 Å². The van der Waals surface area contributed by atoms with Crippen LogP contribution in [0.1, 0.15) is 12.8 Å². The standard InChI is InChI=1S/C27H30F2N6O2/c1-33-17-19(15-31-33)26-16-30-24-6-5-20(13-25(24)32-26)35(9-4-8-34-10-7-27(28,29)18-34)21-11-22(36-2)14-23(12-21)37-3/h5-6,11-17H,4,7-10,18H2,1-3H3. The summed E-state index contributed by atoms with van der Waals surface area (Å²) in [7, 11) is 5.09. The lowest BCUT2D eigenvalue weighted by atomic mass is 10.1. The molecule has 0 bridgehead atoms. The van der Waals surface area contributed by atoms with E-state index in [9.17, 15) is 8.78 Å². The predicted octanol–water partition coefficient (Wildman–Crippen LogP) is 4.92. The Morgan fingerprint density at radius 1 is 1.00 bits per heavy atom. The van der Waals surface area contributed by atoms with Crippen LogP contribution < -0.4 is 14.4 Å². The minimum Gasteiger partial charge on any atom is -0.497 e. The summed E-state index contributed by atoms with van der Waals surface area (Å²) < 4.78 is 40.1. The van der Waals surface area contributed by atoms with Gasteiger partial charge in [-0.3, -0.25) is 14.6 Å². The number of nitrogens with zero attached hydrogens (tertiary/aromatic N) is 6. The number of aromatic nitrogens is 4. The Hall–Kier alpha value is -3.79. The van der Waals surface area contributed by atoms with Gasteiger partial charge in [0.15, 0.2) is 0 Å².